The van der Waals surface area contributed by atoms with Crippen LogP contribution in [0.15, 0.2) is 71.6 Å². The lowest BCUT2D eigenvalue weighted by molar-refractivity contribution is -0.191. The fourth-order valence-corrected chi connectivity index (χ4v) is 5.46. The van der Waals surface area contributed by atoms with Crippen LogP contribution in [0.2, 0.25) is 0 Å². The van der Waals surface area contributed by atoms with E-state index < -0.39 is 103 Å². The van der Waals surface area contributed by atoms with E-state index >= 15 is 0 Å². The predicted molar refractivity (Wildman–Crippen MR) is 154 cm³/mol. The van der Waals surface area contributed by atoms with Crippen LogP contribution in [0.4, 0.5) is 58.9 Å². The van der Waals surface area contributed by atoms with Crippen molar-refractivity contribution < 1.29 is 77.9 Å². The lowest BCUT2D eigenvalue weighted by atomic mass is 10.1. The van der Waals surface area contributed by atoms with Gasteiger partial charge in [-0.25, -0.2) is 26.7 Å². The van der Waals surface area contributed by atoms with Gasteiger partial charge in [-0.15, -0.1) is 0 Å². The van der Waals surface area contributed by atoms with Gasteiger partial charge in [-0.3, -0.25) is 0 Å². The van der Waals surface area contributed by atoms with E-state index in [4.69, 9.17) is 4.74 Å². The van der Waals surface area contributed by atoms with Crippen molar-refractivity contribution >= 4 is 16.2 Å². The molecule has 0 aliphatic heterocycles. The van der Waals surface area contributed by atoms with Crippen LogP contribution in [0.25, 0.3) is 0 Å². The second-order valence-electron chi connectivity index (χ2n) is 10.9. The fraction of sp³-hybridized carbons (Fsp3) is 0.219. The molecule has 0 unspecified atom stereocenters. The smallest absolute Gasteiger partial charge is 0.429 e. The Balaban J connectivity index is 1.50. The molecule has 51 heavy (non-hydrogen) atoms. The van der Waals surface area contributed by atoms with Gasteiger partial charge in [0, 0.05) is 30.3 Å². The number of unbranched alkanes of at least 4 members (excludes halogenated alkanes) is 2. The van der Waals surface area contributed by atoms with E-state index in [0.717, 1.165) is 37.3 Å². The van der Waals surface area contributed by atoms with Crippen molar-refractivity contribution in [3.8, 4) is 17.2 Å². The van der Waals surface area contributed by atoms with Crippen LogP contribution in [0, 0.1) is 29.1 Å². The van der Waals surface area contributed by atoms with Crippen molar-refractivity contribution in [2.45, 2.75) is 49.7 Å². The van der Waals surface area contributed by atoms with E-state index in [1.54, 1.807) is 12.1 Å². The average Bonchev–Trinajstić information content (AvgIpc) is 2.94. The number of alkyl halides is 4. The van der Waals surface area contributed by atoms with E-state index in [1.165, 1.54) is 12.1 Å². The van der Waals surface area contributed by atoms with Gasteiger partial charge >= 0.3 is 28.4 Å². The molecule has 4 rings (SSSR count). The number of carbonyl (C=O) groups excluding carboxylic acids is 1. The van der Waals surface area contributed by atoms with Crippen molar-refractivity contribution in [1.82, 2.24) is 0 Å². The van der Waals surface area contributed by atoms with Crippen molar-refractivity contribution in [3.05, 3.63) is 118 Å². The second kappa shape index (κ2) is 13.1. The summed E-state index contributed by atoms with van der Waals surface area (Å²) < 4.78 is 208. The maximum atomic E-state index is 14.9. The van der Waals surface area contributed by atoms with Crippen LogP contribution in [0.5, 0.6) is 17.2 Å². The van der Waals surface area contributed by atoms with Crippen molar-refractivity contribution in [2.75, 3.05) is 0 Å². The van der Waals surface area contributed by atoms with Gasteiger partial charge in [0.25, 0.3) is 0 Å². The van der Waals surface area contributed by atoms with Crippen LogP contribution in [0.3, 0.4) is 0 Å². The lowest BCUT2D eigenvalue weighted by Gasteiger charge is -2.40. The van der Waals surface area contributed by atoms with Gasteiger partial charge in [0.05, 0.1) is 5.56 Å². The Morgan fingerprint density at radius 3 is 1.61 bits per heavy atom. The topological polar surface area (TPSA) is 44.8 Å². The Hall–Kier alpha value is -4.68. The standard InChI is InChI=1S/C32H22F14O4S/c1-2-3-4-5-17-6-8-18(9-7-17)30(47)48-19-10-11-22(23(33)12-19)31(38,39)49-20-13-24(34)28(25(35)14-20)32(40,41)50-21-15-26(36)29(27(37)16-21)51(42,43,44,45)46/h6-16H,2-5H2,1H3. The maximum absolute atomic E-state index is 14.9. The van der Waals surface area contributed by atoms with E-state index in [1.807, 2.05) is 6.92 Å². The van der Waals surface area contributed by atoms with Crippen LogP contribution < -0.4 is 14.2 Å². The minimum Gasteiger partial charge on any atom is -0.429 e. The van der Waals surface area contributed by atoms with Gasteiger partial charge in [-0.1, -0.05) is 51.3 Å². The zero-order valence-electron chi connectivity index (χ0n) is 25.5. The highest BCUT2D eigenvalue weighted by Gasteiger charge is 2.69. The molecule has 19 heteroatoms. The van der Waals surface area contributed by atoms with E-state index in [9.17, 15) is 63.7 Å². The average molecular weight is 769 g/mol. The number of esters is 1. The summed E-state index contributed by atoms with van der Waals surface area (Å²) in [5.74, 6) is -17.8. The summed E-state index contributed by atoms with van der Waals surface area (Å²) in [6, 6.07) is 5.65. The van der Waals surface area contributed by atoms with Crippen molar-refractivity contribution in [3.63, 3.8) is 0 Å². The van der Waals surface area contributed by atoms with Gasteiger partial charge in [-0.2, -0.15) is 17.6 Å². The zero-order valence-corrected chi connectivity index (χ0v) is 26.3. The molecule has 0 aliphatic carbocycles. The molecular weight excluding hydrogens is 746 g/mol. The summed E-state index contributed by atoms with van der Waals surface area (Å²) >= 11 is 0. The predicted octanol–water partition coefficient (Wildman–Crippen LogP) is 12.2. The molecule has 0 amide bonds. The molecule has 0 saturated heterocycles. The molecule has 0 N–H and O–H groups in total. The number of carbonyl (C=O) groups is 1. The number of halogens is 14. The number of hydrogen-bond donors (Lipinski definition) is 0. The van der Waals surface area contributed by atoms with Crippen molar-refractivity contribution in [2.24, 2.45) is 0 Å². The molecule has 0 fully saturated rings. The normalized spacial score (nSPS) is 13.7. The highest BCUT2D eigenvalue weighted by molar-refractivity contribution is 8.45. The molecule has 4 aromatic rings. The Kier molecular flexibility index (Phi) is 10.1. The Labute approximate surface area is 279 Å². The molecule has 0 aliphatic rings. The molecule has 0 atom stereocenters. The first-order chi connectivity index (χ1) is 23.3. The molecule has 0 spiro atoms. The molecule has 278 valence electrons. The lowest BCUT2D eigenvalue weighted by Crippen LogP contribution is -2.27. The summed E-state index contributed by atoms with van der Waals surface area (Å²) in [5.41, 5.74) is -3.02. The minimum absolute atomic E-state index is 0.0558. The van der Waals surface area contributed by atoms with Crippen LogP contribution in [0.1, 0.15) is 53.2 Å². The second-order valence-corrected chi connectivity index (χ2v) is 13.2. The summed E-state index contributed by atoms with van der Waals surface area (Å²) in [5, 5.41) is 0. The molecule has 0 radical (unpaired) electrons. The SMILES string of the molecule is CCCCCc1ccc(C(=O)Oc2ccc(C(F)(F)Oc3cc(F)c(C(F)(F)Oc4cc(F)c(S(F)(F)(F)(F)F)c(F)c4)c(F)c3)c(F)c2)cc1. The Bertz CT molecular complexity index is 1900. The molecule has 4 aromatic carbocycles. The number of aryl methyl sites for hydroxylation is 1. The summed E-state index contributed by atoms with van der Waals surface area (Å²) in [6.07, 6.45) is -6.42. The third-order valence-electron chi connectivity index (χ3n) is 6.88. The Morgan fingerprint density at radius 1 is 0.627 bits per heavy atom. The quantitative estimate of drug-likeness (QED) is 0.0588. The van der Waals surface area contributed by atoms with E-state index in [2.05, 4.69) is 9.47 Å². The number of rotatable bonds is 13. The highest BCUT2D eigenvalue weighted by Crippen LogP contribution is 3.02. The maximum Gasteiger partial charge on any atom is 0.432 e. The van der Waals surface area contributed by atoms with Crippen LogP contribution >= 0.6 is 10.2 Å². The molecular formula is C32H22F14O4S. The van der Waals surface area contributed by atoms with Gasteiger partial charge in [0.15, 0.2) is 16.5 Å². The summed E-state index contributed by atoms with van der Waals surface area (Å²) in [4.78, 5) is 8.74. The molecule has 0 saturated carbocycles. The molecule has 0 heterocycles. The first-order valence-electron chi connectivity index (χ1n) is 14.3. The largest absolute Gasteiger partial charge is 0.432 e. The van der Waals surface area contributed by atoms with Gasteiger partial charge in [-0.05, 0) is 42.7 Å². The van der Waals surface area contributed by atoms with E-state index in [0.29, 0.717) is 12.1 Å². The number of hydrogen-bond acceptors (Lipinski definition) is 4. The van der Waals surface area contributed by atoms with Gasteiger partial charge in [0.2, 0.25) is 0 Å². The molecule has 4 nitrogen and oxygen atoms in total. The Morgan fingerprint density at radius 2 is 1.12 bits per heavy atom. The number of benzene rings is 4. The van der Waals surface area contributed by atoms with Gasteiger partial charge < -0.3 is 14.2 Å². The van der Waals surface area contributed by atoms with Crippen molar-refractivity contribution in [1.29, 1.82) is 0 Å². The monoisotopic (exact) mass is 768 g/mol. The third-order valence-corrected chi connectivity index (χ3v) is 8.04. The first kappa shape index (κ1) is 39.1. The zero-order chi connectivity index (χ0) is 38.2. The third kappa shape index (κ3) is 9.36. The fourth-order valence-electron chi connectivity index (χ4n) is 4.60. The number of ether oxygens (including phenoxy) is 3. The summed E-state index contributed by atoms with van der Waals surface area (Å²) in [6.45, 7) is 2.03. The van der Waals surface area contributed by atoms with Gasteiger partial charge in [0.1, 0.15) is 45.8 Å². The van der Waals surface area contributed by atoms with E-state index in [-0.39, 0.29) is 17.7 Å². The minimum atomic E-state index is -11.0. The summed E-state index contributed by atoms with van der Waals surface area (Å²) in [7, 11) is -11.0. The molecule has 0 aromatic heterocycles. The van der Waals surface area contributed by atoms with Crippen LogP contribution in [-0.2, 0) is 18.6 Å². The molecule has 0 bridgehead atoms. The first-order valence-corrected chi connectivity index (χ1v) is 16.2. The van der Waals surface area contributed by atoms with Crippen LogP contribution in [-0.4, -0.2) is 5.97 Å². The highest BCUT2D eigenvalue weighted by atomic mass is 32.5.